The van der Waals surface area contributed by atoms with Gasteiger partial charge in [-0.25, -0.2) is 0 Å². The molecule has 2 aliphatic rings. The number of hydrogen-bond acceptors (Lipinski definition) is 2. The maximum atomic E-state index is 12.2. The summed E-state index contributed by atoms with van der Waals surface area (Å²) in [5, 5.41) is 2.42. The lowest BCUT2D eigenvalue weighted by atomic mass is 9.96. The SMILES string of the molecule is O=C1NC(=O)C2=C1c1ccccc1Cc1ccccc12. The summed E-state index contributed by atoms with van der Waals surface area (Å²) >= 11 is 0. The van der Waals surface area contributed by atoms with Crippen molar-refractivity contribution in [2.45, 2.75) is 6.42 Å². The highest BCUT2D eigenvalue weighted by molar-refractivity contribution is 6.49. The van der Waals surface area contributed by atoms with Crippen LogP contribution < -0.4 is 5.32 Å². The van der Waals surface area contributed by atoms with Gasteiger partial charge in [0.15, 0.2) is 0 Å². The lowest BCUT2D eigenvalue weighted by molar-refractivity contribution is -0.122. The zero-order chi connectivity index (χ0) is 13.7. The molecule has 0 aromatic heterocycles. The van der Waals surface area contributed by atoms with E-state index in [1.54, 1.807) is 0 Å². The Balaban J connectivity index is 2.14. The van der Waals surface area contributed by atoms with Crippen LogP contribution in [0.1, 0.15) is 22.3 Å². The van der Waals surface area contributed by atoms with Gasteiger partial charge < -0.3 is 0 Å². The summed E-state index contributed by atoms with van der Waals surface area (Å²) in [6, 6.07) is 15.6. The van der Waals surface area contributed by atoms with Crippen LogP contribution >= 0.6 is 0 Å². The van der Waals surface area contributed by atoms with E-state index in [1.165, 1.54) is 0 Å². The largest absolute Gasteiger partial charge is 0.288 e. The van der Waals surface area contributed by atoms with Crippen LogP contribution in [0.3, 0.4) is 0 Å². The minimum absolute atomic E-state index is 0.297. The number of amides is 2. The van der Waals surface area contributed by atoms with Crippen molar-refractivity contribution in [2.24, 2.45) is 0 Å². The number of rotatable bonds is 0. The number of hydrogen-bond donors (Lipinski definition) is 1. The molecule has 2 aromatic rings. The molecule has 2 aromatic carbocycles. The summed E-state index contributed by atoms with van der Waals surface area (Å²) in [4.78, 5) is 24.3. The molecule has 4 rings (SSSR count). The molecule has 0 saturated carbocycles. The molecule has 1 aliphatic heterocycles. The van der Waals surface area contributed by atoms with E-state index >= 15 is 0 Å². The minimum Gasteiger partial charge on any atom is -0.288 e. The van der Waals surface area contributed by atoms with E-state index in [2.05, 4.69) is 5.32 Å². The van der Waals surface area contributed by atoms with Crippen LogP contribution in [0.4, 0.5) is 0 Å². The molecule has 3 nitrogen and oxygen atoms in total. The van der Waals surface area contributed by atoms with Crippen LogP contribution in [0.5, 0.6) is 0 Å². The van der Waals surface area contributed by atoms with Gasteiger partial charge in [-0.3, -0.25) is 14.9 Å². The molecule has 1 heterocycles. The standard InChI is InChI=1S/C17H11NO2/c19-16-14-12-7-3-1-5-10(12)9-11-6-2-4-8-13(11)15(14)17(20)18-16/h1-8H,9H2,(H,18,19,20). The van der Waals surface area contributed by atoms with E-state index in [0.717, 1.165) is 28.7 Å². The minimum atomic E-state index is -0.297. The summed E-state index contributed by atoms with van der Waals surface area (Å²) in [6.07, 6.45) is 0.736. The normalized spacial score (nSPS) is 16.2. The first-order valence-electron chi connectivity index (χ1n) is 6.52. The van der Waals surface area contributed by atoms with Crippen molar-refractivity contribution >= 4 is 23.0 Å². The maximum absolute atomic E-state index is 12.2. The van der Waals surface area contributed by atoms with Gasteiger partial charge in [0.1, 0.15) is 0 Å². The molecule has 1 N–H and O–H groups in total. The molecule has 0 unspecified atom stereocenters. The molecule has 20 heavy (non-hydrogen) atoms. The van der Waals surface area contributed by atoms with Crippen LogP contribution in [0, 0.1) is 0 Å². The molecule has 0 spiro atoms. The Morgan fingerprint density at radius 2 is 1.15 bits per heavy atom. The highest BCUT2D eigenvalue weighted by Gasteiger charge is 2.35. The van der Waals surface area contributed by atoms with Crippen molar-refractivity contribution in [1.82, 2.24) is 5.32 Å². The fourth-order valence-electron chi connectivity index (χ4n) is 3.01. The van der Waals surface area contributed by atoms with Gasteiger partial charge >= 0.3 is 0 Å². The van der Waals surface area contributed by atoms with Crippen LogP contribution in [0.25, 0.3) is 11.1 Å². The van der Waals surface area contributed by atoms with Crippen LogP contribution in [-0.4, -0.2) is 11.8 Å². The third kappa shape index (κ3) is 1.40. The second kappa shape index (κ2) is 3.90. The molecule has 0 fully saturated rings. The Morgan fingerprint density at radius 1 is 0.700 bits per heavy atom. The zero-order valence-corrected chi connectivity index (χ0v) is 10.6. The van der Waals surface area contributed by atoms with Crippen molar-refractivity contribution in [3.05, 3.63) is 70.8 Å². The fraction of sp³-hybridized carbons (Fsp3) is 0.0588. The van der Waals surface area contributed by atoms with Gasteiger partial charge in [0, 0.05) is 0 Å². The molecule has 0 atom stereocenters. The quantitative estimate of drug-likeness (QED) is 0.739. The van der Waals surface area contributed by atoms with Gasteiger partial charge in [-0.15, -0.1) is 0 Å². The average Bonchev–Trinajstić information content (AvgIpc) is 2.67. The summed E-state index contributed by atoms with van der Waals surface area (Å²) in [7, 11) is 0. The Kier molecular flexibility index (Phi) is 2.18. The van der Waals surface area contributed by atoms with Gasteiger partial charge in [0.25, 0.3) is 11.8 Å². The summed E-state index contributed by atoms with van der Waals surface area (Å²) in [5.41, 5.74) is 4.90. The number of carbonyl (C=O) groups excluding carboxylic acids is 2. The molecule has 1 aliphatic carbocycles. The van der Waals surface area contributed by atoms with E-state index in [1.807, 2.05) is 48.5 Å². The van der Waals surface area contributed by atoms with Gasteiger partial charge in [0.2, 0.25) is 0 Å². The third-order valence-electron chi connectivity index (χ3n) is 3.89. The van der Waals surface area contributed by atoms with Crippen molar-refractivity contribution in [3.63, 3.8) is 0 Å². The van der Waals surface area contributed by atoms with Gasteiger partial charge in [-0.05, 0) is 28.7 Å². The highest BCUT2D eigenvalue weighted by atomic mass is 16.2. The van der Waals surface area contributed by atoms with E-state index in [-0.39, 0.29) is 11.8 Å². The molecule has 2 amide bonds. The van der Waals surface area contributed by atoms with Crippen LogP contribution in [0.15, 0.2) is 48.5 Å². The van der Waals surface area contributed by atoms with Crippen molar-refractivity contribution < 1.29 is 9.59 Å². The highest BCUT2D eigenvalue weighted by Crippen LogP contribution is 2.38. The van der Waals surface area contributed by atoms with Gasteiger partial charge in [-0.2, -0.15) is 0 Å². The fourth-order valence-corrected chi connectivity index (χ4v) is 3.01. The predicted octanol–water partition coefficient (Wildman–Crippen LogP) is 2.16. The molecule has 0 radical (unpaired) electrons. The third-order valence-corrected chi connectivity index (χ3v) is 3.89. The van der Waals surface area contributed by atoms with Crippen molar-refractivity contribution in [1.29, 1.82) is 0 Å². The van der Waals surface area contributed by atoms with Gasteiger partial charge in [-0.1, -0.05) is 48.5 Å². The van der Waals surface area contributed by atoms with Crippen molar-refractivity contribution in [2.75, 3.05) is 0 Å². The first-order chi connectivity index (χ1) is 9.75. The summed E-state index contributed by atoms with van der Waals surface area (Å²) in [5.74, 6) is -0.594. The lowest BCUT2D eigenvalue weighted by Gasteiger charge is -2.08. The van der Waals surface area contributed by atoms with Gasteiger partial charge in [0.05, 0.1) is 11.1 Å². The smallest absolute Gasteiger partial charge is 0.259 e. The first kappa shape index (κ1) is 11.2. The van der Waals surface area contributed by atoms with E-state index < -0.39 is 0 Å². The van der Waals surface area contributed by atoms with E-state index in [0.29, 0.717) is 11.1 Å². The van der Waals surface area contributed by atoms with Crippen molar-refractivity contribution in [3.8, 4) is 0 Å². The van der Waals surface area contributed by atoms with Crippen LogP contribution in [-0.2, 0) is 16.0 Å². The second-order valence-corrected chi connectivity index (χ2v) is 5.02. The molecular formula is C17H11NO2. The summed E-state index contributed by atoms with van der Waals surface area (Å²) in [6.45, 7) is 0. The Labute approximate surface area is 115 Å². The zero-order valence-electron chi connectivity index (χ0n) is 10.6. The Morgan fingerprint density at radius 3 is 1.65 bits per heavy atom. The van der Waals surface area contributed by atoms with E-state index in [4.69, 9.17) is 0 Å². The second-order valence-electron chi connectivity index (χ2n) is 5.02. The predicted molar refractivity (Wildman–Crippen MR) is 75.7 cm³/mol. The van der Waals surface area contributed by atoms with Crippen LogP contribution in [0.2, 0.25) is 0 Å². The molecular weight excluding hydrogens is 250 g/mol. The maximum Gasteiger partial charge on any atom is 0.259 e. The lowest BCUT2D eigenvalue weighted by Crippen LogP contribution is -2.23. The Hall–Kier alpha value is -2.68. The molecule has 0 saturated heterocycles. The number of benzene rings is 2. The number of carbonyl (C=O) groups is 2. The topological polar surface area (TPSA) is 46.2 Å². The first-order valence-corrected chi connectivity index (χ1v) is 6.52. The molecule has 96 valence electrons. The van der Waals surface area contributed by atoms with E-state index in [9.17, 15) is 9.59 Å². The molecule has 0 bridgehead atoms. The number of nitrogens with one attached hydrogen (secondary N) is 1. The monoisotopic (exact) mass is 261 g/mol. The Bertz CT molecular complexity index is 737. The number of fused-ring (bicyclic) bond motifs is 4. The summed E-state index contributed by atoms with van der Waals surface area (Å²) < 4.78 is 0. The average molecular weight is 261 g/mol. The number of imide groups is 1. The molecule has 3 heteroatoms.